The SMILES string of the molecule is CN=C(NCc1cccc(NC(C)=O)c1)N(C)Cc1ccc(Br)cc1.I. The van der Waals surface area contributed by atoms with E-state index in [0.717, 1.165) is 28.2 Å². The van der Waals surface area contributed by atoms with Crippen molar-refractivity contribution in [2.45, 2.75) is 20.0 Å². The van der Waals surface area contributed by atoms with Crippen LogP contribution in [-0.4, -0.2) is 30.9 Å². The van der Waals surface area contributed by atoms with E-state index >= 15 is 0 Å². The van der Waals surface area contributed by atoms with Crippen LogP contribution in [0.1, 0.15) is 18.1 Å². The molecule has 0 spiro atoms. The van der Waals surface area contributed by atoms with E-state index in [1.54, 1.807) is 7.05 Å². The maximum absolute atomic E-state index is 11.2. The molecule has 0 aliphatic carbocycles. The fraction of sp³-hybridized carbons (Fsp3) is 0.263. The summed E-state index contributed by atoms with van der Waals surface area (Å²) in [4.78, 5) is 17.6. The number of guanidine groups is 1. The van der Waals surface area contributed by atoms with E-state index in [1.165, 1.54) is 12.5 Å². The average molecular weight is 531 g/mol. The number of carbonyl (C=O) groups excluding carboxylic acids is 1. The van der Waals surface area contributed by atoms with Gasteiger partial charge in [0.1, 0.15) is 0 Å². The zero-order valence-corrected chi connectivity index (χ0v) is 19.0. The fourth-order valence-electron chi connectivity index (χ4n) is 2.47. The Hall–Kier alpha value is -1.61. The molecule has 140 valence electrons. The van der Waals surface area contributed by atoms with Gasteiger partial charge in [-0.15, -0.1) is 24.0 Å². The summed E-state index contributed by atoms with van der Waals surface area (Å²) in [5.41, 5.74) is 3.08. The summed E-state index contributed by atoms with van der Waals surface area (Å²) in [5.74, 6) is 0.739. The zero-order chi connectivity index (χ0) is 18.2. The Morgan fingerprint density at radius 3 is 2.46 bits per heavy atom. The second-order valence-corrected chi connectivity index (χ2v) is 6.68. The highest BCUT2D eigenvalue weighted by molar-refractivity contribution is 14.0. The number of carbonyl (C=O) groups is 1. The molecule has 2 rings (SSSR count). The van der Waals surface area contributed by atoms with Crippen molar-refractivity contribution in [1.82, 2.24) is 10.2 Å². The molecule has 26 heavy (non-hydrogen) atoms. The average Bonchev–Trinajstić information content (AvgIpc) is 2.57. The lowest BCUT2D eigenvalue weighted by Crippen LogP contribution is -2.38. The molecule has 2 N–H and O–H groups in total. The van der Waals surface area contributed by atoms with E-state index in [4.69, 9.17) is 0 Å². The highest BCUT2D eigenvalue weighted by atomic mass is 127. The monoisotopic (exact) mass is 530 g/mol. The Bertz CT molecular complexity index is 749. The van der Waals surface area contributed by atoms with Crippen LogP contribution in [0.4, 0.5) is 5.69 Å². The van der Waals surface area contributed by atoms with Gasteiger partial charge in [-0.05, 0) is 35.4 Å². The fourth-order valence-corrected chi connectivity index (χ4v) is 2.73. The van der Waals surface area contributed by atoms with Gasteiger partial charge in [-0.3, -0.25) is 9.79 Å². The zero-order valence-electron chi connectivity index (χ0n) is 15.1. The summed E-state index contributed by atoms with van der Waals surface area (Å²) >= 11 is 3.45. The molecule has 0 saturated carbocycles. The standard InChI is InChI=1S/C19H23BrN4O.HI/c1-14(25)23-18-6-4-5-16(11-18)12-22-19(21-2)24(3)13-15-7-9-17(20)10-8-15;/h4-11H,12-13H2,1-3H3,(H,21,22)(H,23,25);1H. The lowest BCUT2D eigenvalue weighted by atomic mass is 10.2. The second kappa shape index (κ2) is 11.2. The van der Waals surface area contributed by atoms with Crippen LogP contribution in [0.2, 0.25) is 0 Å². The number of amides is 1. The molecule has 0 aromatic heterocycles. The molecule has 5 nitrogen and oxygen atoms in total. The van der Waals surface area contributed by atoms with Crippen molar-refractivity contribution in [3.05, 3.63) is 64.1 Å². The van der Waals surface area contributed by atoms with Gasteiger partial charge in [0.15, 0.2) is 5.96 Å². The summed E-state index contributed by atoms with van der Waals surface area (Å²) in [6, 6.07) is 16.0. The van der Waals surface area contributed by atoms with Crippen LogP contribution in [0.25, 0.3) is 0 Å². The van der Waals surface area contributed by atoms with Crippen LogP contribution >= 0.6 is 39.9 Å². The predicted octanol–water partition coefficient (Wildman–Crippen LogP) is 4.23. The van der Waals surface area contributed by atoms with Crippen LogP contribution in [0.3, 0.4) is 0 Å². The number of nitrogens with zero attached hydrogens (tertiary/aromatic N) is 2. The first-order chi connectivity index (χ1) is 12.0. The van der Waals surface area contributed by atoms with Crippen molar-refractivity contribution in [3.63, 3.8) is 0 Å². The van der Waals surface area contributed by atoms with Gasteiger partial charge in [0, 0.05) is 44.3 Å². The number of benzene rings is 2. The van der Waals surface area contributed by atoms with E-state index < -0.39 is 0 Å². The second-order valence-electron chi connectivity index (χ2n) is 5.76. The largest absolute Gasteiger partial charge is 0.352 e. The molecular weight excluding hydrogens is 507 g/mol. The molecule has 0 atom stereocenters. The summed E-state index contributed by atoms with van der Waals surface area (Å²) in [5, 5.41) is 6.15. The highest BCUT2D eigenvalue weighted by Gasteiger charge is 2.07. The molecule has 1 amide bonds. The summed E-state index contributed by atoms with van der Waals surface area (Å²) in [6.45, 7) is 2.90. The minimum absolute atomic E-state index is 0. The number of halogens is 2. The van der Waals surface area contributed by atoms with E-state index in [2.05, 4.69) is 48.6 Å². The minimum Gasteiger partial charge on any atom is -0.352 e. The molecule has 7 heteroatoms. The van der Waals surface area contributed by atoms with Crippen molar-refractivity contribution >= 4 is 57.5 Å². The van der Waals surface area contributed by atoms with Crippen molar-refractivity contribution in [2.75, 3.05) is 19.4 Å². The molecule has 0 saturated heterocycles. The van der Waals surface area contributed by atoms with Gasteiger partial charge in [-0.2, -0.15) is 0 Å². The summed E-state index contributed by atoms with van der Waals surface area (Å²) < 4.78 is 1.07. The van der Waals surface area contributed by atoms with Crippen molar-refractivity contribution in [3.8, 4) is 0 Å². The number of nitrogens with one attached hydrogen (secondary N) is 2. The van der Waals surface area contributed by atoms with Gasteiger partial charge in [-0.1, -0.05) is 40.2 Å². The molecular formula is C19H24BrIN4O. The maximum Gasteiger partial charge on any atom is 0.221 e. The molecule has 0 radical (unpaired) electrons. The van der Waals surface area contributed by atoms with Gasteiger partial charge in [0.2, 0.25) is 5.91 Å². The number of hydrogen-bond donors (Lipinski definition) is 2. The number of hydrogen-bond acceptors (Lipinski definition) is 2. The van der Waals surface area contributed by atoms with Crippen LogP contribution in [-0.2, 0) is 17.9 Å². The third-order valence-electron chi connectivity index (χ3n) is 3.60. The summed E-state index contributed by atoms with van der Waals surface area (Å²) in [6.07, 6.45) is 0. The molecule has 0 unspecified atom stereocenters. The number of aliphatic imine (C=N–C) groups is 1. The first-order valence-electron chi connectivity index (χ1n) is 8.00. The minimum atomic E-state index is -0.0739. The lowest BCUT2D eigenvalue weighted by molar-refractivity contribution is -0.114. The van der Waals surface area contributed by atoms with Gasteiger partial charge in [0.25, 0.3) is 0 Å². The molecule has 2 aromatic carbocycles. The van der Waals surface area contributed by atoms with Gasteiger partial charge < -0.3 is 15.5 Å². The normalized spacial score (nSPS) is 10.7. The van der Waals surface area contributed by atoms with E-state index in [1.807, 2.05) is 43.4 Å². The van der Waals surface area contributed by atoms with Crippen LogP contribution in [0.5, 0.6) is 0 Å². The summed E-state index contributed by atoms with van der Waals surface area (Å²) in [7, 11) is 3.78. The Balaban J connectivity index is 0.00000338. The van der Waals surface area contributed by atoms with E-state index in [0.29, 0.717) is 6.54 Å². The van der Waals surface area contributed by atoms with Gasteiger partial charge in [0.05, 0.1) is 0 Å². The topological polar surface area (TPSA) is 56.7 Å². The number of rotatable bonds is 5. The molecule has 0 aliphatic rings. The van der Waals surface area contributed by atoms with Crippen LogP contribution in [0, 0.1) is 0 Å². The molecule has 0 heterocycles. The quantitative estimate of drug-likeness (QED) is 0.345. The van der Waals surface area contributed by atoms with Gasteiger partial charge >= 0.3 is 0 Å². The Morgan fingerprint density at radius 2 is 1.85 bits per heavy atom. The molecule has 0 fully saturated rings. The van der Waals surface area contributed by atoms with E-state index in [-0.39, 0.29) is 29.9 Å². The number of anilines is 1. The van der Waals surface area contributed by atoms with Crippen molar-refractivity contribution in [1.29, 1.82) is 0 Å². The first-order valence-corrected chi connectivity index (χ1v) is 8.80. The lowest BCUT2D eigenvalue weighted by Gasteiger charge is -2.22. The smallest absolute Gasteiger partial charge is 0.221 e. The Labute approximate surface area is 180 Å². The third kappa shape index (κ3) is 7.33. The molecule has 2 aromatic rings. The van der Waals surface area contributed by atoms with Crippen LogP contribution in [0.15, 0.2) is 58.0 Å². The molecule has 0 aliphatic heterocycles. The van der Waals surface area contributed by atoms with Crippen LogP contribution < -0.4 is 10.6 Å². The van der Waals surface area contributed by atoms with E-state index in [9.17, 15) is 4.79 Å². The van der Waals surface area contributed by atoms with Crippen molar-refractivity contribution < 1.29 is 4.79 Å². The van der Waals surface area contributed by atoms with Crippen molar-refractivity contribution in [2.24, 2.45) is 4.99 Å². The Morgan fingerprint density at radius 1 is 1.15 bits per heavy atom. The molecule has 0 bridgehead atoms. The third-order valence-corrected chi connectivity index (χ3v) is 4.13. The highest BCUT2D eigenvalue weighted by Crippen LogP contribution is 2.13. The first kappa shape index (κ1) is 22.4. The van der Waals surface area contributed by atoms with Gasteiger partial charge in [-0.25, -0.2) is 0 Å². The predicted molar refractivity (Wildman–Crippen MR) is 122 cm³/mol. The maximum atomic E-state index is 11.2. The Kier molecular flexibility index (Phi) is 9.64.